The molecule has 0 aliphatic carbocycles. The third-order valence-electron chi connectivity index (χ3n) is 2.43. The number of piperidine rings is 1. The van der Waals surface area contributed by atoms with E-state index in [1.54, 1.807) is 13.8 Å². The van der Waals surface area contributed by atoms with Crippen molar-refractivity contribution in [2.24, 2.45) is 5.92 Å². The molecule has 0 bridgehead atoms. The van der Waals surface area contributed by atoms with Gasteiger partial charge in [-0.1, -0.05) is 0 Å². The Morgan fingerprint density at radius 3 is 2.25 bits per heavy atom. The van der Waals surface area contributed by atoms with Gasteiger partial charge in [-0.3, -0.25) is 0 Å². The molecule has 0 aromatic carbocycles. The summed E-state index contributed by atoms with van der Waals surface area (Å²) < 4.78 is 0. The minimum Gasteiger partial charge on any atom is -0.390 e. The van der Waals surface area contributed by atoms with Crippen LogP contribution in [-0.2, 0) is 0 Å². The van der Waals surface area contributed by atoms with Gasteiger partial charge < -0.3 is 20.6 Å². The maximum Gasteiger partial charge on any atom is 0.0927 e. The Morgan fingerprint density at radius 1 is 1.25 bits per heavy atom. The summed E-state index contributed by atoms with van der Waals surface area (Å²) in [4.78, 5) is 0. The van der Waals surface area contributed by atoms with Gasteiger partial charge in [-0.25, -0.2) is 0 Å². The lowest BCUT2D eigenvalue weighted by atomic mass is 9.81. The minimum atomic E-state index is -0.951. The molecule has 1 saturated heterocycles. The molecule has 0 aromatic rings. The lowest BCUT2D eigenvalue weighted by molar-refractivity contribution is -0.105. The number of nitrogens with one attached hydrogen (secondary N) is 1. The number of aliphatic hydroxyl groups excluding tert-OH is 2. The van der Waals surface area contributed by atoms with E-state index in [0.717, 1.165) is 0 Å². The van der Waals surface area contributed by atoms with E-state index >= 15 is 0 Å². The summed E-state index contributed by atoms with van der Waals surface area (Å²) in [5.41, 5.74) is -0.951. The second-order valence-electron chi connectivity index (χ2n) is 3.98. The highest BCUT2D eigenvalue weighted by Crippen LogP contribution is 2.23. The molecule has 1 heterocycles. The van der Waals surface area contributed by atoms with E-state index in [1.165, 1.54) is 0 Å². The molecule has 1 unspecified atom stereocenters. The van der Waals surface area contributed by atoms with E-state index < -0.39 is 17.8 Å². The summed E-state index contributed by atoms with van der Waals surface area (Å²) in [6.45, 7) is 4.22. The number of aliphatic hydroxyl groups is 3. The maximum atomic E-state index is 9.62. The number of hydrogen-bond acceptors (Lipinski definition) is 4. The minimum absolute atomic E-state index is 0.304. The molecular weight excluding hydrogens is 158 g/mol. The third-order valence-corrected chi connectivity index (χ3v) is 2.43. The molecule has 4 nitrogen and oxygen atoms in total. The average Bonchev–Trinajstić information content (AvgIpc) is 1.92. The summed E-state index contributed by atoms with van der Waals surface area (Å²) in [7, 11) is 0. The van der Waals surface area contributed by atoms with Gasteiger partial charge in [0.05, 0.1) is 17.8 Å². The maximum absolute atomic E-state index is 9.62. The number of hydrogen-bond donors (Lipinski definition) is 4. The summed E-state index contributed by atoms with van der Waals surface area (Å²) in [6, 6.07) is 0. The lowest BCUT2D eigenvalue weighted by Gasteiger charge is -2.39. The lowest BCUT2D eigenvalue weighted by Crippen LogP contribution is -2.57. The van der Waals surface area contributed by atoms with Crippen LogP contribution < -0.4 is 5.32 Å². The van der Waals surface area contributed by atoms with Crippen molar-refractivity contribution in [1.29, 1.82) is 0 Å². The molecule has 1 rings (SSSR count). The van der Waals surface area contributed by atoms with E-state index in [0.29, 0.717) is 13.1 Å². The molecule has 1 aliphatic rings. The quantitative estimate of drug-likeness (QED) is 0.399. The zero-order valence-electron chi connectivity index (χ0n) is 7.49. The van der Waals surface area contributed by atoms with Crippen LogP contribution in [0.5, 0.6) is 0 Å². The Hall–Kier alpha value is -0.160. The average molecular weight is 175 g/mol. The van der Waals surface area contributed by atoms with Crippen molar-refractivity contribution in [2.75, 3.05) is 13.1 Å². The molecule has 1 aliphatic heterocycles. The fraction of sp³-hybridized carbons (Fsp3) is 1.00. The number of rotatable bonds is 1. The highest BCUT2D eigenvalue weighted by atomic mass is 16.3. The SMILES string of the molecule is CC(C)(O)C1CNC[C@@H](O)[C@@H]1O. The van der Waals surface area contributed by atoms with Gasteiger partial charge in [0, 0.05) is 19.0 Å². The summed E-state index contributed by atoms with van der Waals surface area (Å²) >= 11 is 0. The normalized spacial score (nSPS) is 38.2. The largest absolute Gasteiger partial charge is 0.390 e. The Labute approximate surface area is 72.2 Å². The van der Waals surface area contributed by atoms with E-state index in [9.17, 15) is 15.3 Å². The van der Waals surface area contributed by atoms with Gasteiger partial charge in [-0.2, -0.15) is 0 Å². The van der Waals surface area contributed by atoms with Crippen LogP contribution >= 0.6 is 0 Å². The first-order chi connectivity index (χ1) is 5.43. The molecule has 0 radical (unpaired) electrons. The van der Waals surface area contributed by atoms with Crippen molar-refractivity contribution in [3.05, 3.63) is 0 Å². The molecule has 12 heavy (non-hydrogen) atoms. The molecule has 4 N–H and O–H groups in total. The zero-order chi connectivity index (χ0) is 9.35. The molecule has 4 heteroatoms. The first-order valence-corrected chi connectivity index (χ1v) is 4.22. The molecular formula is C8H17NO3. The summed E-state index contributed by atoms with van der Waals surface area (Å²) in [6.07, 6.45) is -1.60. The van der Waals surface area contributed by atoms with E-state index in [4.69, 9.17) is 0 Å². The monoisotopic (exact) mass is 175 g/mol. The predicted octanol–water partition coefficient (Wildman–Crippen LogP) is -1.30. The first-order valence-electron chi connectivity index (χ1n) is 4.22. The standard InChI is InChI=1S/C8H17NO3/c1-8(2,12)5-3-9-4-6(10)7(5)11/h5-7,9-12H,3-4H2,1-2H3/t5?,6-,7-/m1/s1. The smallest absolute Gasteiger partial charge is 0.0927 e. The van der Waals surface area contributed by atoms with Crippen LogP contribution in [0.15, 0.2) is 0 Å². The zero-order valence-corrected chi connectivity index (χ0v) is 7.49. The van der Waals surface area contributed by atoms with Crippen LogP contribution in [0.25, 0.3) is 0 Å². The van der Waals surface area contributed by atoms with E-state index in [2.05, 4.69) is 5.32 Å². The third kappa shape index (κ3) is 1.95. The Balaban J connectivity index is 2.64. The van der Waals surface area contributed by atoms with Gasteiger partial charge in [-0.05, 0) is 13.8 Å². The van der Waals surface area contributed by atoms with Crippen LogP contribution in [-0.4, -0.2) is 46.2 Å². The Morgan fingerprint density at radius 2 is 1.83 bits per heavy atom. The van der Waals surface area contributed by atoms with E-state index in [-0.39, 0.29) is 5.92 Å². The Bertz CT molecular complexity index is 155. The fourth-order valence-corrected chi connectivity index (χ4v) is 1.56. The molecule has 72 valence electrons. The van der Waals surface area contributed by atoms with Gasteiger partial charge in [0.2, 0.25) is 0 Å². The van der Waals surface area contributed by atoms with Crippen molar-refractivity contribution < 1.29 is 15.3 Å². The molecule has 3 atom stereocenters. The van der Waals surface area contributed by atoms with Gasteiger partial charge in [0.25, 0.3) is 0 Å². The predicted molar refractivity (Wildman–Crippen MR) is 44.7 cm³/mol. The highest BCUT2D eigenvalue weighted by Gasteiger charge is 2.39. The van der Waals surface area contributed by atoms with Crippen molar-refractivity contribution in [3.63, 3.8) is 0 Å². The van der Waals surface area contributed by atoms with Crippen molar-refractivity contribution in [2.45, 2.75) is 31.7 Å². The molecule has 1 fully saturated rings. The van der Waals surface area contributed by atoms with Gasteiger partial charge in [0.15, 0.2) is 0 Å². The highest BCUT2D eigenvalue weighted by molar-refractivity contribution is 4.92. The first kappa shape index (κ1) is 9.92. The Kier molecular flexibility index (Phi) is 2.73. The van der Waals surface area contributed by atoms with Gasteiger partial charge >= 0.3 is 0 Å². The van der Waals surface area contributed by atoms with E-state index in [1.807, 2.05) is 0 Å². The van der Waals surface area contributed by atoms with Crippen LogP contribution in [0.2, 0.25) is 0 Å². The summed E-state index contributed by atoms with van der Waals surface area (Å²) in [5, 5.41) is 31.4. The van der Waals surface area contributed by atoms with Crippen LogP contribution in [0, 0.1) is 5.92 Å². The molecule has 0 spiro atoms. The van der Waals surface area contributed by atoms with Crippen molar-refractivity contribution in [1.82, 2.24) is 5.32 Å². The number of β-amino-alcohol motifs (C(OH)–C–C–N with tert-alkyl or cyclic N) is 1. The molecule has 0 aromatic heterocycles. The van der Waals surface area contributed by atoms with Crippen molar-refractivity contribution in [3.8, 4) is 0 Å². The second-order valence-corrected chi connectivity index (χ2v) is 3.98. The van der Waals surface area contributed by atoms with Crippen LogP contribution in [0.4, 0.5) is 0 Å². The van der Waals surface area contributed by atoms with Gasteiger partial charge in [0.1, 0.15) is 0 Å². The van der Waals surface area contributed by atoms with Crippen LogP contribution in [0.1, 0.15) is 13.8 Å². The second kappa shape index (κ2) is 3.30. The van der Waals surface area contributed by atoms with Crippen molar-refractivity contribution >= 4 is 0 Å². The fourth-order valence-electron chi connectivity index (χ4n) is 1.56. The topological polar surface area (TPSA) is 72.7 Å². The molecule has 0 saturated carbocycles. The summed E-state index contributed by atoms with van der Waals surface area (Å²) in [5.74, 6) is -0.304. The van der Waals surface area contributed by atoms with Gasteiger partial charge in [-0.15, -0.1) is 0 Å². The van der Waals surface area contributed by atoms with Crippen LogP contribution in [0.3, 0.4) is 0 Å². The molecule has 0 amide bonds.